The van der Waals surface area contributed by atoms with Crippen LogP contribution in [0.1, 0.15) is 6.23 Å². The second kappa shape index (κ2) is 4.90. The van der Waals surface area contributed by atoms with Crippen molar-refractivity contribution in [1.82, 2.24) is 19.5 Å². The van der Waals surface area contributed by atoms with Crippen LogP contribution >= 0.6 is 22.6 Å². The third kappa shape index (κ3) is 2.01. The van der Waals surface area contributed by atoms with Crippen molar-refractivity contribution in [3.05, 3.63) is 16.4 Å². The van der Waals surface area contributed by atoms with Crippen molar-refractivity contribution >= 4 is 33.8 Å². The van der Waals surface area contributed by atoms with E-state index in [4.69, 9.17) is 9.84 Å². The molecule has 1 aliphatic rings. The number of rotatable bonds is 2. The van der Waals surface area contributed by atoms with Crippen LogP contribution in [0.5, 0.6) is 0 Å². The highest BCUT2D eigenvalue weighted by molar-refractivity contribution is 14.1. The quantitative estimate of drug-likeness (QED) is 0.456. The van der Waals surface area contributed by atoms with Gasteiger partial charge in [0.25, 0.3) is 0 Å². The summed E-state index contributed by atoms with van der Waals surface area (Å²) in [7, 11) is 0. The minimum Gasteiger partial charge on any atom is -0.394 e. The summed E-state index contributed by atoms with van der Waals surface area (Å²) in [6, 6.07) is 0. The first kappa shape index (κ1) is 13.1. The van der Waals surface area contributed by atoms with Gasteiger partial charge in [-0.3, -0.25) is 4.57 Å². The van der Waals surface area contributed by atoms with Crippen molar-refractivity contribution in [2.45, 2.75) is 24.5 Å². The molecule has 3 rings (SSSR count). The molecule has 4 atom stereocenters. The fourth-order valence-corrected chi connectivity index (χ4v) is 2.62. The maximum absolute atomic E-state index is 9.98. The van der Waals surface area contributed by atoms with Gasteiger partial charge < -0.3 is 20.1 Å². The SMILES string of the molecule is OC[C@@H]1O[C@@H](n2cnc3c(I)ncnc32)[C@H](O)[C@@H]1O. The van der Waals surface area contributed by atoms with Gasteiger partial charge in [0, 0.05) is 0 Å². The molecule has 0 aliphatic carbocycles. The van der Waals surface area contributed by atoms with Gasteiger partial charge in [0.15, 0.2) is 11.9 Å². The Balaban J connectivity index is 2.04. The highest BCUT2D eigenvalue weighted by Crippen LogP contribution is 2.31. The van der Waals surface area contributed by atoms with Crippen molar-refractivity contribution < 1.29 is 20.1 Å². The first-order valence-electron chi connectivity index (χ1n) is 5.59. The van der Waals surface area contributed by atoms with Gasteiger partial charge in [0.2, 0.25) is 0 Å². The lowest BCUT2D eigenvalue weighted by Gasteiger charge is -2.16. The van der Waals surface area contributed by atoms with Crippen molar-refractivity contribution in [3.8, 4) is 0 Å². The molecule has 3 N–H and O–H groups in total. The molecule has 3 heterocycles. The van der Waals surface area contributed by atoms with Crippen LogP contribution in [0.25, 0.3) is 11.2 Å². The van der Waals surface area contributed by atoms with E-state index in [1.165, 1.54) is 17.2 Å². The largest absolute Gasteiger partial charge is 0.394 e. The third-order valence-electron chi connectivity index (χ3n) is 3.11. The van der Waals surface area contributed by atoms with Crippen molar-refractivity contribution in [3.63, 3.8) is 0 Å². The fourth-order valence-electron chi connectivity index (χ4n) is 2.12. The summed E-state index contributed by atoms with van der Waals surface area (Å²) >= 11 is 2.04. The van der Waals surface area contributed by atoms with Crippen molar-refractivity contribution in [2.75, 3.05) is 6.61 Å². The number of ether oxygens (including phenoxy) is 1. The van der Waals surface area contributed by atoms with E-state index >= 15 is 0 Å². The van der Waals surface area contributed by atoms with E-state index in [0.29, 0.717) is 14.9 Å². The summed E-state index contributed by atoms with van der Waals surface area (Å²) < 4.78 is 7.66. The molecule has 1 fully saturated rings. The summed E-state index contributed by atoms with van der Waals surface area (Å²) in [5.41, 5.74) is 1.11. The van der Waals surface area contributed by atoms with E-state index < -0.39 is 24.5 Å². The Labute approximate surface area is 121 Å². The smallest absolute Gasteiger partial charge is 0.166 e. The Morgan fingerprint density at radius 2 is 2.05 bits per heavy atom. The number of aliphatic hydroxyl groups is 3. The van der Waals surface area contributed by atoms with Crippen LogP contribution in [0.3, 0.4) is 0 Å². The maximum atomic E-state index is 9.98. The molecule has 102 valence electrons. The van der Waals surface area contributed by atoms with Crippen LogP contribution in [-0.4, -0.2) is 59.8 Å². The molecule has 19 heavy (non-hydrogen) atoms. The van der Waals surface area contributed by atoms with Crippen LogP contribution < -0.4 is 0 Å². The highest BCUT2D eigenvalue weighted by atomic mass is 127. The van der Waals surface area contributed by atoms with Crippen LogP contribution in [0.4, 0.5) is 0 Å². The van der Waals surface area contributed by atoms with Gasteiger partial charge in [-0.15, -0.1) is 0 Å². The predicted molar refractivity (Wildman–Crippen MR) is 71.0 cm³/mol. The molecule has 2 aromatic rings. The summed E-state index contributed by atoms with van der Waals surface area (Å²) in [6.45, 7) is -0.367. The van der Waals surface area contributed by atoms with Crippen LogP contribution in [0.2, 0.25) is 0 Å². The number of aliphatic hydroxyl groups excluding tert-OH is 3. The third-order valence-corrected chi connectivity index (χ3v) is 3.89. The molecule has 1 aliphatic heterocycles. The Bertz CT molecular complexity index is 606. The lowest BCUT2D eigenvalue weighted by atomic mass is 10.1. The summed E-state index contributed by atoms with van der Waals surface area (Å²) in [4.78, 5) is 12.3. The molecule has 1 saturated heterocycles. The van der Waals surface area contributed by atoms with Gasteiger partial charge in [-0.1, -0.05) is 0 Å². The summed E-state index contributed by atoms with van der Waals surface area (Å²) in [5.74, 6) is 0. The fraction of sp³-hybridized carbons (Fsp3) is 0.500. The van der Waals surface area contributed by atoms with E-state index in [-0.39, 0.29) is 6.61 Å². The number of hydrogen-bond donors (Lipinski definition) is 3. The summed E-state index contributed by atoms with van der Waals surface area (Å²) in [6.07, 6.45) is -1.08. The molecule has 2 aromatic heterocycles. The Kier molecular flexibility index (Phi) is 3.39. The normalized spacial score (nSPS) is 31.2. The van der Waals surface area contributed by atoms with E-state index in [2.05, 4.69) is 15.0 Å². The van der Waals surface area contributed by atoms with Crippen molar-refractivity contribution in [1.29, 1.82) is 0 Å². The zero-order valence-corrected chi connectivity index (χ0v) is 11.7. The van der Waals surface area contributed by atoms with Crippen molar-refractivity contribution in [2.24, 2.45) is 0 Å². The second-order valence-electron chi connectivity index (χ2n) is 4.22. The van der Waals surface area contributed by atoms with Gasteiger partial charge in [-0.2, -0.15) is 0 Å². The van der Waals surface area contributed by atoms with Gasteiger partial charge in [-0.25, -0.2) is 15.0 Å². The predicted octanol–water partition coefficient (Wildman–Crippen LogP) is -0.958. The van der Waals surface area contributed by atoms with E-state index in [0.717, 1.165) is 0 Å². The number of aromatic nitrogens is 4. The lowest BCUT2D eigenvalue weighted by molar-refractivity contribution is -0.0511. The average molecular weight is 378 g/mol. The summed E-state index contributed by atoms with van der Waals surface area (Å²) in [5, 5.41) is 28.8. The second-order valence-corrected chi connectivity index (χ2v) is 5.24. The monoisotopic (exact) mass is 378 g/mol. The van der Waals surface area contributed by atoms with Crippen LogP contribution in [0.15, 0.2) is 12.7 Å². The molecule has 9 heteroatoms. The molecule has 8 nitrogen and oxygen atoms in total. The maximum Gasteiger partial charge on any atom is 0.166 e. The molecule has 0 saturated carbocycles. The lowest BCUT2D eigenvalue weighted by Crippen LogP contribution is -2.33. The number of hydrogen-bond acceptors (Lipinski definition) is 7. The Morgan fingerprint density at radius 3 is 2.74 bits per heavy atom. The number of fused-ring (bicyclic) bond motifs is 1. The number of imidazole rings is 1. The van der Waals surface area contributed by atoms with Gasteiger partial charge in [-0.05, 0) is 22.6 Å². The van der Waals surface area contributed by atoms with Gasteiger partial charge >= 0.3 is 0 Å². The molecular formula is C10H11IN4O4. The first-order valence-corrected chi connectivity index (χ1v) is 6.67. The minimum atomic E-state index is -1.15. The molecule has 0 bridgehead atoms. The van der Waals surface area contributed by atoms with Crippen LogP contribution in [0, 0.1) is 3.70 Å². The topological polar surface area (TPSA) is 114 Å². The number of halogens is 1. The molecule has 0 radical (unpaired) electrons. The molecular weight excluding hydrogens is 367 g/mol. The minimum absolute atomic E-state index is 0.367. The van der Waals surface area contributed by atoms with E-state index in [9.17, 15) is 10.2 Å². The van der Waals surface area contributed by atoms with E-state index in [1.807, 2.05) is 22.6 Å². The number of nitrogens with zero attached hydrogens (tertiary/aromatic N) is 4. The first-order chi connectivity index (χ1) is 9.13. The Morgan fingerprint density at radius 1 is 1.26 bits per heavy atom. The molecule has 0 aromatic carbocycles. The molecule has 0 amide bonds. The average Bonchev–Trinajstić information content (AvgIpc) is 2.94. The van der Waals surface area contributed by atoms with Gasteiger partial charge in [0.05, 0.1) is 12.9 Å². The van der Waals surface area contributed by atoms with Crippen LogP contribution in [-0.2, 0) is 4.74 Å². The van der Waals surface area contributed by atoms with E-state index in [1.54, 1.807) is 0 Å². The zero-order valence-electron chi connectivity index (χ0n) is 9.59. The zero-order chi connectivity index (χ0) is 13.6. The highest BCUT2D eigenvalue weighted by Gasteiger charge is 2.43. The molecule has 0 spiro atoms. The Hall–Kier alpha value is -0.880. The standard InChI is InChI=1S/C10H11IN4O4/c11-8-5-9(13-2-12-8)15(3-14-5)10-7(18)6(17)4(1-16)19-10/h2-4,6-7,10,16-18H,1H2/t4-,6+,7+,10+/m0/s1. The molecule has 0 unspecified atom stereocenters. The van der Waals surface area contributed by atoms with Gasteiger partial charge in [0.1, 0.15) is 33.9 Å².